The third-order valence-electron chi connectivity index (χ3n) is 23.0. The van der Waals surface area contributed by atoms with Crippen LogP contribution < -0.4 is 41.8 Å². The lowest BCUT2D eigenvalue weighted by molar-refractivity contribution is 0.0114. The van der Waals surface area contributed by atoms with Crippen LogP contribution in [0.1, 0.15) is 184 Å². The van der Waals surface area contributed by atoms with Crippen LogP contribution in [0.4, 0.5) is 32.1 Å². The van der Waals surface area contributed by atoms with Crippen LogP contribution in [0.25, 0.3) is 0 Å². The molecule has 132 heavy (non-hydrogen) atoms. The smallest absolute Gasteiger partial charge is 0.333 e. The van der Waals surface area contributed by atoms with Crippen molar-refractivity contribution >= 4 is 162 Å². The van der Waals surface area contributed by atoms with Gasteiger partial charge in [0.1, 0.15) is 48.6 Å². The van der Waals surface area contributed by atoms with Gasteiger partial charge in [-0.15, -0.1) is 45.3 Å². The van der Waals surface area contributed by atoms with E-state index in [9.17, 15) is 92.0 Å². The minimum Gasteiger partial charge on any atom is -0.393 e. The van der Waals surface area contributed by atoms with Gasteiger partial charge in [0.15, 0.2) is 5.78 Å². The summed E-state index contributed by atoms with van der Waals surface area (Å²) < 4.78 is 134. The Morgan fingerprint density at radius 1 is 0.523 bits per heavy atom. The van der Waals surface area contributed by atoms with Gasteiger partial charge >= 0.3 is 41.2 Å². The number of alkyl halides is 2. The van der Waals surface area contributed by atoms with E-state index in [2.05, 4.69) is 95.9 Å². The maximum absolute atomic E-state index is 13.7. The monoisotopic (exact) mass is 2020 g/mol. The molecule has 2 unspecified atom stereocenters. The first-order chi connectivity index (χ1) is 62.2. The molecule has 14 atom stereocenters. The number of hydrogen-bond acceptors (Lipinski definition) is 40. The average Bonchev–Trinajstić information content (AvgIpc) is 1.59. The van der Waals surface area contributed by atoms with Gasteiger partial charge < -0.3 is 46.8 Å². The number of nitrogens with one attached hydrogen (secondary N) is 4. The summed E-state index contributed by atoms with van der Waals surface area (Å²) in [7, 11) is -14.3. The zero-order valence-corrected chi connectivity index (χ0v) is 78.7. The van der Waals surface area contributed by atoms with Crippen molar-refractivity contribution < 1.29 is 109 Å². The molecule has 17 N–H and O–H groups in total. The third kappa shape index (κ3) is 27.7. The zero-order chi connectivity index (χ0) is 95.5. The molecule has 40 nitrogen and oxygen atoms in total. The lowest BCUT2D eigenvalue weighted by atomic mass is 9.82. The summed E-state index contributed by atoms with van der Waals surface area (Å²) in [6, 6.07) is 13.6. The predicted molar refractivity (Wildman–Crippen MR) is 485 cm³/mol. The molecule has 0 bridgehead atoms. The summed E-state index contributed by atoms with van der Waals surface area (Å²) in [5.41, 5.74) is 4.49. The highest BCUT2D eigenvalue weighted by Gasteiger charge is 2.45. The summed E-state index contributed by atoms with van der Waals surface area (Å²) >= 11 is 17.3. The van der Waals surface area contributed by atoms with Crippen LogP contribution in [0.3, 0.4) is 0 Å². The molecule has 0 spiro atoms. The van der Waals surface area contributed by atoms with Gasteiger partial charge in [-0.1, -0.05) is 35.3 Å². The Morgan fingerprint density at radius 3 is 1.26 bits per heavy atom. The summed E-state index contributed by atoms with van der Waals surface area (Å²) in [5.74, 6) is -4.50. The van der Waals surface area contributed by atoms with Crippen LogP contribution in [0, 0.1) is 23.7 Å². The van der Waals surface area contributed by atoms with E-state index < -0.39 is 101 Å². The number of rotatable bonds is 34. The maximum atomic E-state index is 13.7. The van der Waals surface area contributed by atoms with Crippen LogP contribution in [0.15, 0.2) is 115 Å². The molecule has 2 saturated heterocycles. The summed E-state index contributed by atoms with van der Waals surface area (Å²) in [6.07, 6.45) is 11.6. The first-order valence-corrected chi connectivity index (χ1v) is 51.0. The molecule has 52 heteroatoms. The van der Waals surface area contributed by atoms with Crippen molar-refractivity contribution in [3.63, 3.8) is 0 Å². The summed E-state index contributed by atoms with van der Waals surface area (Å²) in [6.45, 7) is 3.37. The first-order valence-electron chi connectivity index (χ1n) is 40.9. The van der Waals surface area contributed by atoms with E-state index in [4.69, 9.17) is 43.8 Å². The molecule has 714 valence electrons. The van der Waals surface area contributed by atoms with Crippen LogP contribution in [-0.2, 0) is 70.0 Å². The van der Waals surface area contributed by atoms with Crippen LogP contribution in [0.2, 0.25) is 9.36 Å². The maximum Gasteiger partial charge on any atom is 0.333 e. The predicted octanol–water partition coefficient (Wildman–Crippen LogP) is 6.54. The number of aliphatic hydroxyl groups is 5. The Kier molecular flexibility index (Phi) is 34.3. The lowest BCUT2D eigenvalue weighted by Gasteiger charge is -2.36. The molecule has 8 aromatic heterocycles. The number of carbonyl (C=O) groups excluding carboxylic acids is 5. The molecule has 4 aliphatic carbocycles. The number of aromatic nitrogens is 8. The van der Waals surface area contributed by atoms with Crippen molar-refractivity contribution in [1.82, 2.24) is 49.7 Å². The number of aliphatic hydroxyl groups excluding tert-OH is 5. The number of nitrogens with two attached hydrogens (primary N) is 4. The van der Waals surface area contributed by atoms with Gasteiger partial charge in [-0.2, -0.15) is 33.7 Å². The Morgan fingerprint density at radius 2 is 0.909 bits per heavy atom. The first kappa shape index (κ1) is 102. The molecular formula is C80H96Cl2F2N18O22S8. The minimum absolute atomic E-state index is 0.129. The minimum atomic E-state index is -4.11. The van der Waals surface area contributed by atoms with Crippen LogP contribution in [0.5, 0.6) is 0 Å². The second-order valence-corrected chi connectivity index (χ2v) is 42.3. The number of halogens is 4. The molecule has 1 aromatic carbocycles. The van der Waals surface area contributed by atoms with E-state index in [-0.39, 0.29) is 121 Å². The van der Waals surface area contributed by atoms with Crippen LogP contribution >= 0.6 is 68.5 Å². The number of nitrogens with zero attached hydrogens (tertiary/aromatic N) is 10. The molecule has 0 radical (unpaired) electrons. The normalized spacial score (nSPS) is 24.0. The molecule has 6 fully saturated rings. The van der Waals surface area contributed by atoms with Crippen molar-refractivity contribution in [2.75, 3.05) is 74.4 Å². The van der Waals surface area contributed by atoms with Gasteiger partial charge in [0.05, 0.1) is 115 Å². The Balaban J connectivity index is 0.000000160. The molecule has 4 saturated carbocycles. The zero-order valence-electron chi connectivity index (χ0n) is 70.6. The SMILES string of the molecule is CC(=O)c1csc(C(=O)c2cncnc2N[C@@H]2C[C@H](COS(N)(=O)=O)[C@@H](O)C2)c1.CC(O)c1cc(C(=O)c2cncnc2N[C@@H]2C[C@H](COS(N)(=O)=O)[C@@H](O)C2)sc1Cl.CN1CCCC1(c1cccc(Cl)c1)c1csc(C(=O)c2cncnc2N[C@@H]2C[C@H](COS(N)(=O)=O)[C@@H](O)C2)c1.NS(=O)(=O)OC[C@H]1C[C@@H](Nc2ncncc2C(=O)c2cc(CN3CCC(F)(F)C3)cs2)C[C@@H]1O. The number of thiophene rings is 4. The van der Waals surface area contributed by atoms with Crippen molar-refractivity contribution in [3.8, 4) is 0 Å². The molecule has 10 heterocycles. The van der Waals surface area contributed by atoms with Crippen LogP contribution in [-0.4, -0.2) is 245 Å². The molecule has 0 amide bonds. The average molecular weight is 2030 g/mol. The van der Waals surface area contributed by atoms with Crippen molar-refractivity contribution in [2.45, 2.75) is 157 Å². The van der Waals surface area contributed by atoms with Crippen molar-refractivity contribution in [3.05, 3.63) is 194 Å². The van der Waals surface area contributed by atoms with E-state index in [1.807, 2.05) is 29.6 Å². The van der Waals surface area contributed by atoms with E-state index in [0.29, 0.717) is 127 Å². The quantitative estimate of drug-likeness (QED) is 0.0190. The van der Waals surface area contributed by atoms with E-state index in [1.165, 1.54) is 91.8 Å². The van der Waals surface area contributed by atoms with Gasteiger partial charge in [-0.3, -0.25) is 50.5 Å². The number of hydrogen-bond donors (Lipinski definition) is 13. The number of benzene rings is 1. The highest BCUT2D eigenvalue weighted by atomic mass is 35.5. The van der Waals surface area contributed by atoms with Gasteiger partial charge in [-0.05, 0) is 155 Å². The van der Waals surface area contributed by atoms with E-state index in [1.54, 1.807) is 28.7 Å². The van der Waals surface area contributed by atoms with Gasteiger partial charge in [0.2, 0.25) is 23.1 Å². The number of ketones is 5. The standard InChI is InChI=1S/C26H30ClN5O5S2.C20H25F2N5O5S2.C17H21ClN4O6S2.C17H20N4O6S2/c1-32-7-3-6-26(32,17-4-2-5-19(27)9-17)18-10-23(38-14-18)24(34)21-12-29-15-30-25(21)31-20-8-16(22(33)11-20)13-37-39(28,35)36;21-20(22)1-2-27(10-20)7-12-3-17(33-9-12)18(29)15-6-24-11-25-19(15)26-14-4-13(16(28)5-14)8-32-34(23,30)31;1-8(23)11-4-14(29-16(11)18)15(25)12-5-20-7-21-17(12)22-10-2-9(13(24)3-10)6-28-30(19,26)27;1-9(22)11-3-15(28-7-11)16(24)13-5-19-8-20-17(13)21-12-2-10(14(23)4-12)6-27-29(18,25)26/h2,4-5,9-10,12,14-16,20,22,33H,3,6-8,11,13H2,1H3,(H2,28,35,36)(H,29,30,31);3,6,9,11,13-14,16,28H,1-2,4-5,7-8,10H2,(H2,23,30,31)(H,24,25,26);4-5,7-10,13,23-24H,2-3,6H2,1H3,(H2,19,26,27)(H,20,21,22);3,5,7-8,10,12,14,23H,2,4,6H2,1H3,(H2,18,25,26)(H,19,20,21)/t16-,20-,22+,26?;13-,14-,16+;8?,9-,10-,13+;10-,12-,14+/m1111/s1. The van der Waals surface area contributed by atoms with Gasteiger partial charge in [0.25, 0.3) is 5.92 Å². The fourth-order valence-electron chi connectivity index (χ4n) is 16.5. The molecule has 2 aliphatic heterocycles. The van der Waals surface area contributed by atoms with Crippen molar-refractivity contribution in [1.29, 1.82) is 0 Å². The largest absolute Gasteiger partial charge is 0.393 e. The molecule has 9 aromatic rings. The summed E-state index contributed by atoms with van der Waals surface area (Å²) in [5, 5.41) is 88.9. The Hall–Kier alpha value is -8.47. The topological polar surface area (TPSA) is 622 Å². The highest BCUT2D eigenvalue weighted by Crippen LogP contribution is 2.47. The number of likely N-dealkylation sites (tertiary alicyclic amines) is 2. The van der Waals surface area contributed by atoms with E-state index >= 15 is 0 Å². The van der Waals surface area contributed by atoms with Crippen molar-refractivity contribution in [2.24, 2.45) is 44.2 Å². The molecule has 15 rings (SSSR count). The van der Waals surface area contributed by atoms with Gasteiger partial charge in [-0.25, -0.2) is 69.2 Å². The Labute approximate surface area is 784 Å². The second kappa shape index (κ2) is 44.1. The van der Waals surface area contributed by atoms with Gasteiger partial charge in [0, 0.05) is 114 Å². The van der Waals surface area contributed by atoms with E-state index in [0.717, 1.165) is 58.8 Å². The lowest BCUT2D eigenvalue weighted by Crippen LogP contribution is -2.39. The number of Topliss-reactive ketones (excluding diaryl/α,β-unsaturated/α-hetero) is 1. The second-order valence-electron chi connectivity index (χ2n) is 32.6. The fraction of sp³-hybridized carbons (Fsp3) is 0.463. The summed E-state index contributed by atoms with van der Waals surface area (Å²) in [4.78, 5) is 102. The molecular weight excluding hydrogens is 1930 g/mol. The fourth-order valence-corrected chi connectivity index (χ4v) is 22.3. The number of anilines is 4. The number of carbonyl (C=O) groups is 5. The molecule has 6 aliphatic rings. The Bertz CT molecular complexity index is 6110. The third-order valence-corrected chi connectivity index (χ3v) is 29.4. The highest BCUT2D eigenvalue weighted by molar-refractivity contribution is 7.85.